The van der Waals surface area contributed by atoms with Gasteiger partial charge in [0.1, 0.15) is 0 Å². The molecule has 0 fully saturated rings. The molecule has 2 aromatic carbocycles. The summed E-state index contributed by atoms with van der Waals surface area (Å²) in [4.78, 5) is 23.0. The Hall–Kier alpha value is -3.55. The van der Waals surface area contributed by atoms with E-state index in [1.54, 1.807) is 24.3 Å². The molecule has 0 amide bonds. The first kappa shape index (κ1) is 20.8. The molecule has 0 unspecified atom stereocenters. The highest BCUT2D eigenvalue weighted by Crippen LogP contribution is 2.40. The quantitative estimate of drug-likeness (QED) is 0.294. The lowest BCUT2D eigenvalue weighted by molar-refractivity contribution is -0.385. The van der Waals surface area contributed by atoms with E-state index in [0.29, 0.717) is 33.9 Å². The molecule has 2 rings (SSSR count). The lowest BCUT2D eigenvalue weighted by atomic mass is 9.98. The van der Waals surface area contributed by atoms with Crippen LogP contribution in [0.5, 0.6) is 23.0 Å². The third kappa shape index (κ3) is 4.22. The lowest BCUT2D eigenvalue weighted by Gasteiger charge is -2.15. The van der Waals surface area contributed by atoms with Gasteiger partial charge >= 0.3 is 5.69 Å². The maximum Gasteiger partial charge on any atom is 0.311 e. The summed E-state index contributed by atoms with van der Waals surface area (Å²) >= 11 is 0. The number of nitro benzene ring substituents is 1. The van der Waals surface area contributed by atoms with Gasteiger partial charge in [0.05, 0.1) is 33.4 Å². The Morgan fingerprint density at radius 3 is 1.93 bits per heavy atom. The summed E-state index contributed by atoms with van der Waals surface area (Å²) in [5.41, 5.74) is 1.15. The molecule has 8 heteroatoms. The summed E-state index contributed by atoms with van der Waals surface area (Å²) in [5, 5.41) is 11.3. The summed E-state index contributed by atoms with van der Waals surface area (Å²) in [5.74, 6) is 1.10. The summed E-state index contributed by atoms with van der Waals surface area (Å²) < 4.78 is 21.0. The predicted molar refractivity (Wildman–Crippen MR) is 104 cm³/mol. The SMILES string of the molecule is COc1ccc(/C=C(/C(C)=O)c2cc(OC)c(OC)c(OC)c2)cc1[N+](=O)[O-]. The van der Waals surface area contributed by atoms with Crippen LogP contribution < -0.4 is 18.9 Å². The number of hydrogen-bond acceptors (Lipinski definition) is 7. The minimum absolute atomic E-state index is 0.138. The molecule has 0 aliphatic heterocycles. The van der Waals surface area contributed by atoms with Crippen molar-refractivity contribution in [3.8, 4) is 23.0 Å². The maximum absolute atomic E-state index is 12.3. The molecule has 0 bridgehead atoms. The van der Waals surface area contributed by atoms with E-state index in [2.05, 4.69) is 0 Å². The van der Waals surface area contributed by atoms with E-state index in [1.807, 2.05) is 0 Å². The summed E-state index contributed by atoms with van der Waals surface area (Å²) in [6.45, 7) is 1.41. The van der Waals surface area contributed by atoms with Crippen LogP contribution in [0.1, 0.15) is 18.1 Å². The average molecular weight is 387 g/mol. The van der Waals surface area contributed by atoms with E-state index in [-0.39, 0.29) is 17.2 Å². The second-order valence-corrected chi connectivity index (χ2v) is 5.72. The van der Waals surface area contributed by atoms with E-state index in [9.17, 15) is 14.9 Å². The largest absolute Gasteiger partial charge is 0.493 e. The first-order valence-electron chi connectivity index (χ1n) is 8.21. The number of methoxy groups -OCH3 is 4. The van der Waals surface area contributed by atoms with Crippen LogP contribution >= 0.6 is 0 Å². The fourth-order valence-electron chi connectivity index (χ4n) is 2.73. The van der Waals surface area contributed by atoms with Gasteiger partial charge in [-0.05, 0) is 42.3 Å². The van der Waals surface area contributed by atoms with Crippen LogP contribution in [0, 0.1) is 10.1 Å². The number of rotatable bonds is 8. The normalized spacial score (nSPS) is 11.0. The molecule has 2 aromatic rings. The van der Waals surface area contributed by atoms with Gasteiger partial charge in [-0.2, -0.15) is 0 Å². The number of ketones is 1. The van der Waals surface area contributed by atoms with Gasteiger partial charge in [-0.25, -0.2) is 0 Å². The Labute approximate surface area is 162 Å². The van der Waals surface area contributed by atoms with Crippen LogP contribution in [0.25, 0.3) is 11.6 Å². The van der Waals surface area contributed by atoms with Crippen molar-refractivity contribution in [3.63, 3.8) is 0 Å². The Morgan fingerprint density at radius 1 is 0.929 bits per heavy atom. The molecule has 0 aliphatic carbocycles. The van der Waals surface area contributed by atoms with Crippen molar-refractivity contribution in [1.29, 1.82) is 0 Å². The molecule has 0 radical (unpaired) electrons. The fourth-order valence-corrected chi connectivity index (χ4v) is 2.73. The van der Waals surface area contributed by atoms with E-state index < -0.39 is 4.92 Å². The zero-order valence-corrected chi connectivity index (χ0v) is 16.3. The highest BCUT2D eigenvalue weighted by Gasteiger charge is 2.19. The molecule has 0 saturated heterocycles. The van der Waals surface area contributed by atoms with Gasteiger partial charge in [0.25, 0.3) is 0 Å². The van der Waals surface area contributed by atoms with Crippen molar-refractivity contribution in [2.24, 2.45) is 0 Å². The first-order valence-corrected chi connectivity index (χ1v) is 8.21. The molecule has 0 aliphatic rings. The molecule has 148 valence electrons. The minimum Gasteiger partial charge on any atom is -0.493 e. The molecule has 0 spiro atoms. The van der Waals surface area contributed by atoms with Crippen LogP contribution in [-0.2, 0) is 4.79 Å². The predicted octanol–water partition coefficient (Wildman–Crippen LogP) is 3.76. The van der Waals surface area contributed by atoms with Gasteiger partial charge in [0, 0.05) is 11.6 Å². The van der Waals surface area contributed by atoms with E-state index in [0.717, 1.165) is 0 Å². The molecule has 0 atom stereocenters. The van der Waals surface area contributed by atoms with E-state index >= 15 is 0 Å². The van der Waals surface area contributed by atoms with Gasteiger partial charge in [-0.1, -0.05) is 6.07 Å². The van der Waals surface area contributed by atoms with Gasteiger partial charge in [0.15, 0.2) is 23.0 Å². The van der Waals surface area contributed by atoms with Crippen LogP contribution in [0.4, 0.5) is 5.69 Å². The van der Waals surface area contributed by atoms with E-state index in [1.165, 1.54) is 47.5 Å². The van der Waals surface area contributed by atoms with Crippen molar-refractivity contribution in [2.75, 3.05) is 28.4 Å². The van der Waals surface area contributed by atoms with Gasteiger partial charge in [-0.3, -0.25) is 14.9 Å². The third-order valence-corrected chi connectivity index (χ3v) is 4.07. The molecule has 8 nitrogen and oxygen atoms in total. The van der Waals surface area contributed by atoms with Crippen LogP contribution in [0.3, 0.4) is 0 Å². The summed E-state index contributed by atoms with van der Waals surface area (Å²) in [6, 6.07) is 7.75. The zero-order valence-electron chi connectivity index (χ0n) is 16.3. The molecule has 0 saturated carbocycles. The number of nitro groups is 1. The Morgan fingerprint density at radius 2 is 1.50 bits per heavy atom. The molecule has 0 heterocycles. The van der Waals surface area contributed by atoms with Crippen molar-refractivity contribution in [3.05, 3.63) is 51.6 Å². The van der Waals surface area contributed by atoms with Gasteiger partial charge in [-0.15, -0.1) is 0 Å². The van der Waals surface area contributed by atoms with Gasteiger partial charge < -0.3 is 18.9 Å². The Balaban J connectivity index is 2.65. The summed E-state index contributed by atoms with van der Waals surface area (Å²) in [6.07, 6.45) is 1.56. The fraction of sp³-hybridized carbons (Fsp3) is 0.250. The first-order chi connectivity index (χ1) is 13.4. The average Bonchev–Trinajstić information content (AvgIpc) is 2.70. The maximum atomic E-state index is 12.3. The van der Waals surface area contributed by atoms with Crippen molar-refractivity contribution >= 4 is 23.1 Å². The van der Waals surface area contributed by atoms with E-state index in [4.69, 9.17) is 18.9 Å². The second kappa shape index (κ2) is 8.90. The number of carbonyl (C=O) groups is 1. The standard InChI is InChI=1S/C20H21NO7/c1-12(22)15(8-13-6-7-17(25-2)16(9-13)21(23)24)14-10-18(26-3)20(28-5)19(11-14)27-4/h6-11H,1-5H3/b15-8-. The highest BCUT2D eigenvalue weighted by molar-refractivity contribution is 6.24. The Bertz CT molecular complexity index is 909. The molecular formula is C20H21NO7. The second-order valence-electron chi connectivity index (χ2n) is 5.72. The molecule has 0 aromatic heterocycles. The molecular weight excluding hydrogens is 366 g/mol. The summed E-state index contributed by atoms with van der Waals surface area (Å²) in [7, 11) is 5.79. The zero-order chi connectivity index (χ0) is 20.8. The highest BCUT2D eigenvalue weighted by atomic mass is 16.6. The number of carbonyl (C=O) groups excluding carboxylic acids is 1. The van der Waals surface area contributed by atoms with Crippen molar-refractivity contribution < 1.29 is 28.7 Å². The number of allylic oxidation sites excluding steroid dienone is 1. The monoisotopic (exact) mass is 387 g/mol. The smallest absolute Gasteiger partial charge is 0.311 e. The molecule has 0 N–H and O–H groups in total. The van der Waals surface area contributed by atoms with Crippen molar-refractivity contribution in [1.82, 2.24) is 0 Å². The number of Topliss-reactive ketones (excluding diaryl/α,β-unsaturated/α-hetero) is 1. The minimum atomic E-state index is -0.539. The number of nitrogens with zero attached hydrogens (tertiary/aromatic N) is 1. The van der Waals surface area contributed by atoms with Crippen molar-refractivity contribution in [2.45, 2.75) is 6.92 Å². The lowest BCUT2D eigenvalue weighted by Crippen LogP contribution is -2.01. The van der Waals surface area contributed by atoms with Crippen LogP contribution in [0.2, 0.25) is 0 Å². The number of benzene rings is 2. The number of hydrogen-bond donors (Lipinski definition) is 0. The van der Waals surface area contributed by atoms with Crippen LogP contribution in [-0.4, -0.2) is 39.1 Å². The van der Waals surface area contributed by atoms with Crippen LogP contribution in [0.15, 0.2) is 30.3 Å². The Kier molecular flexibility index (Phi) is 6.59. The van der Waals surface area contributed by atoms with Gasteiger partial charge in [0.2, 0.25) is 5.75 Å². The third-order valence-electron chi connectivity index (χ3n) is 4.07. The molecule has 28 heavy (non-hydrogen) atoms. The number of ether oxygens (including phenoxy) is 4. The topological polar surface area (TPSA) is 97.1 Å².